The van der Waals surface area contributed by atoms with Crippen LogP contribution in [0, 0.1) is 11.3 Å². The number of rotatable bonds is 4. The first-order valence-electron chi connectivity index (χ1n) is 16.7. The van der Waals surface area contributed by atoms with Crippen molar-refractivity contribution in [3.8, 4) is 45.3 Å². The van der Waals surface area contributed by atoms with E-state index >= 15 is 0 Å². The number of furan rings is 1. The van der Waals surface area contributed by atoms with Crippen LogP contribution in [0.15, 0.2) is 168 Å². The summed E-state index contributed by atoms with van der Waals surface area (Å²) in [6.45, 7) is 0. The highest BCUT2D eigenvalue weighted by atomic mass is 16.3. The van der Waals surface area contributed by atoms with Gasteiger partial charge in [0.1, 0.15) is 11.2 Å². The molecule has 232 valence electrons. The lowest BCUT2D eigenvalue weighted by Crippen LogP contribution is -1.97. The Balaban J connectivity index is 1.29. The highest BCUT2D eigenvalue weighted by molar-refractivity contribution is 6.23. The lowest BCUT2D eigenvalue weighted by Gasteiger charge is -2.15. The highest BCUT2D eigenvalue weighted by Crippen LogP contribution is 2.42. The van der Waals surface area contributed by atoms with Crippen molar-refractivity contribution < 1.29 is 4.42 Å². The van der Waals surface area contributed by atoms with Gasteiger partial charge >= 0.3 is 0 Å². The minimum Gasteiger partial charge on any atom is -0.455 e. The van der Waals surface area contributed by atoms with Crippen molar-refractivity contribution in [3.05, 3.63) is 169 Å². The van der Waals surface area contributed by atoms with Crippen molar-refractivity contribution in [2.75, 3.05) is 0 Å². The Kier molecular flexibility index (Phi) is 6.21. The minimum absolute atomic E-state index is 0.619. The second-order valence-electron chi connectivity index (χ2n) is 12.7. The van der Waals surface area contributed by atoms with Gasteiger partial charge in [-0.05, 0) is 89.0 Å². The molecule has 7 aromatic carbocycles. The van der Waals surface area contributed by atoms with Crippen LogP contribution in [-0.2, 0) is 0 Å². The van der Waals surface area contributed by atoms with E-state index in [0.29, 0.717) is 5.56 Å². The second-order valence-corrected chi connectivity index (χ2v) is 12.7. The summed E-state index contributed by atoms with van der Waals surface area (Å²) in [4.78, 5) is 5.24. The van der Waals surface area contributed by atoms with Gasteiger partial charge in [0.05, 0.1) is 39.3 Å². The van der Waals surface area contributed by atoms with E-state index in [1.807, 2.05) is 42.5 Å². The van der Waals surface area contributed by atoms with Gasteiger partial charge in [-0.2, -0.15) is 5.26 Å². The maximum Gasteiger partial charge on any atom is 0.145 e. The van der Waals surface area contributed by atoms with Crippen LogP contribution in [0.3, 0.4) is 0 Å². The molecule has 4 nitrogen and oxygen atoms in total. The van der Waals surface area contributed by atoms with Gasteiger partial charge in [-0.25, -0.2) is 4.98 Å². The monoisotopic (exact) mass is 637 g/mol. The maximum atomic E-state index is 9.79. The Morgan fingerprint density at radius 1 is 0.520 bits per heavy atom. The molecule has 0 saturated heterocycles. The normalized spacial score (nSPS) is 11.6. The predicted octanol–water partition coefficient (Wildman–Crippen LogP) is 12.1. The molecule has 0 saturated carbocycles. The van der Waals surface area contributed by atoms with Crippen molar-refractivity contribution in [3.63, 3.8) is 0 Å². The summed E-state index contributed by atoms with van der Waals surface area (Å²) in [6, 6.07) is 59.0. The van der Waals surface area contributed by atoms with Crippen molar-refractivity contribution in [2.45, 2.75) is 0 Å². The van der Waals surface area contributed by atoms with E-state index in [4.69, 9.17) is 9.40 Å². The Labute approximate surface area is 287 Å². The SMILES string of the molecule is N#Cc1cccc(-c2cc(-c3cc(-c4ccccc4)c4ccccc4n3)cc(-n3c4ccccc4c4c5oc6ccccc6c5ccc43)c2)c1. The van der Waals surface area contributed by atoms with Crippen LogP contribution in [0.25, 0.3) is 93.8 Å². The maximum absolute atomic E-state index is 9.79. The number of nitrogens with zero attached hydrogens (tertiary/aromatic N) is 3. The fourth-order valence-corrected chi connectivity index (χ4v) is 7.52. The number of benzene rings is 7. The molecular weight excluding hydrogens is 611 g/mol. The third-order valence-electron chi connectivity index (χ3n) is 9.78. The minimum atomic E-state index is 0.619. The molecule has 0 N–H and O–H groups in total. The molecule has 0 amide bonds. The van der Waals surface area contributed by atoms with Crippen LogP contribution in [0.4, 0.5) is 0 Å². The molecule has 10 aromatic rings. The molecule has 0 radical (unpaired) electrons. The summed E-state index contributed by atoms with van der Waals surface area (Å²) >= 11 is 0. The summed E-state index contributed by atoms with van der Waals surface area (Å²) in [6.07, 6.45) is 0. The molecule has 50 heavy (non-hydrogen) atoms. The summed E-state index contributed by atoms with van der Waals surface area (Å²) in [5, 5.41) is 15.3. The lowest BCUT2D eigenvalue weighted by molar-refractivity contribution is 0.673. The first kappa shape index (κ1) is 28.1. The van der Waals surface area contributed by atoms with Crippen LogP contribution in [0.1, 0.15) is 5.56 Å². The van der Waals surface area contributed by atoms with Crippen LogP contribution in [0.2, 0.25) is 0 Å². The van der Waals surface area contributed by atoms with Crippen molar-refractivity contribution in [1.82, 2.24) is 9.55 Å². The molecule has 3 heterocycles. The van der Waals surface area contributed by atoms with E-state index in [-0.39, 0.29) is 0 Å². The number of nitriles is 1. The molecule has 4 heteroatoms. The Hall–Kier alpha value is -6.96. The largest absolute Gasteiger partial charge is 0.455 e. The Bertz CT molecular complexity index is 3000. The van der Waals surface area contributed by atoms with Gasteiger partial charge in [0, 0.05) is 32.8 Å². The van der Waals surface area contributed by atoms with E-state index in [9.17, 15) is 5.26 Å². The number of pyridine rings is 1. The van der Waals surface area contributed by atoms with Gasteiger partial charge in [0.15, 0.2) is 0 Å². The van der Waals surface area contributed by atoms with Crippen LogP contribution in [0.5, 0.6) is 0 Å². The van der Waals surface area contributed by atoms with Crippen molar-refractivity contribution >= 4 is 54.6 Å². The standard InChI is InChI=1S/C46H27N3O/c47-28-29-11-10-14-31(23-29)32-24-33(41-27-39(30-12-2-1-3-13-30)35-15-4-7-18-40(35)48-41)26-34(25-32)49-42-19-8-5-17-38(42)45-43(49)22-21-37-36-16-6-9-20-44(36)50-46(37)45/h1-27H. The quantitative estimate of drug-likeness (QED) is 0.193. The fraction of sp³-hybridized carbons (Fsp3) is 0. The summed E-state index contributed by atoms with van der Waals surface area (Å²) in [5.41, 5.74) is 12.6. The molecule has 0 aliphatic heterocycles. The van der Waals surface area contributed by atoms with Crippen LogP contribution in [-0.4, -0.2) is 9.55 Å². The van der Waals surface area contributed by atoms with Gasteiger partial charge < -0.3 is 8.98 Å². The van der Waals surface area contributed by atoms with Crippen LogP contribution < -0.4 is 0 Å². The number of aromatic nitrogens is 2. The average Bonchev–Trinajstić information content (AvgIpc) is 3.73. The van der Waals surface area contributed by atoms with E-state index in [1.54, 1.807) is 0 Å². The van der Waals surface area contributed by atoms with E-state index in [0.717, 1.165) is 93.8 Å². The third-order valence-corrected chi connectivity index (χ3v) is 9.78. The van der Waals surface area contributed by atoms with Gasteiger partial charge in [0.25, 0.3) is 0 Å². The van der Waals surface area contributed by atoms with E-state index in [1.165, 1.54) is 0 Å². The van der Waals surface area contributed by atoms with Gasteiger partial charge in [-0.1, -0.05) is 97.1 Å². The van der Waals surface area contributed by atoms with Crippen molar-refractivity contribution in [2.24, 2.45) is 0 Å². The van der Waals surface area contributed by atoms with Gasteiger partial charge in [-0.15, -0.1) is 0 Å². The number of fused-ring (bicyclic) bond motifs is 8. The van der Waals surface area contributed by atoms with Gasteiger partial charge in [-0.3, -0.25) is 0 Å². The fourth-order valence-electron chi connectivity index (χ4n) is 7.52. The second kappa shape index (κ2) is 11.1. The molecule has 0 fully saturated rings. The Morgan fingerprint density at radius 2 is 1.26 bits per heavy atom. The smallest absolute Gasteiger partial charge is 0.145 e. The first-order chi connectivity index (χ1) is 24.7. The molecule has 0 aliphatic rings. The zero-order chi connectivity index (χ0) is 33.2. The lowest BCUT2D eigenvalue weighted by atomic mass is 9.95. The molecule has 0 aliphatic carbocycles. The average molecular weight is 638 g/mol. The predicted molar refractivity (Wildman–Crippen MR) is 204 cm³/mol. The van der Waals surface area contributed by atoms with E-state index < -0.39 is 0 Å². The van der Waals surface area contributed by atoms with E-state index in [2.05, 4.69) is 132 Å². The molecule has 0 spiro atoms. The zero-order valence-electron chi connectivity index (χ0n) is 26.8. The summed E-state index contributed by atoms with van der Waals surface area (Å²) in [5.74, 6) is 0. The number of para-hydroxylation sites is 3. The zero-order valence-corrected chi connectivity index (χ0v) is 26.8. The molecular formula is C46H27N3O. The number of hydrogen-bond donors (Lipinski definition) is 0. The first-order valence-corrected chi connectivity index (χ1v) is 16.7. The summed E-state index contributed by atoms with van der Waals surface area (Å²) < 4.78 is 8.91. The molecule has 3 aromatic heterocycles. The molecule has 0 atom stereocenters. The van der Waals surface area contributed by atoms with Crippen molar-refractivity contribution in [1.29, 1.82) is 5.26 Å². The topological polar surface area (TPSA) is 54.8 Å². The number of hydrogen-bond acceptors (Lipinski definition) is 3. The Morgan fingerprint density at radius 3 is 2.14 bits per heavy atom. The molecule has 0 bridgehead atoms. The third kappa shape index (κ3) is 4.35. The highest BCUT2D eigenvalue weighted by Gasteiger charge is 2.20. The van der Waals surface area contributed by atoms with Crippen LogP contribution >= 0.6 is 0 Å². The molecule has 0 unspecified atom stereocenters. The molecule has 10 rings (SSSR count). The summed E-state index contributed by atoms with van der Waals surface area (Å²) in [7, 11) is 0. The van der Waals surface area contributed by atoms with Gasteiger partial charge in [0.2, 0.25) is 0 Å².